The molecule has 98 valence electrons. The summed E-state index contributed by atoms with van der Waals surface area (Å²) < 4.78 is 0. The molecule has 0 bridgehead atoms. The maximum Gasteiger partial charge on any atom is 0.134 e. The monoisotopic (exact) mass is 245 g/mol. The van der Waals surface area contributed by atoms with Gasteiger partial charge in [0.15, 0.2) is 0 Å². The van der Waals surface area contributed by atoms with E-state index in [4.69, 9.17) is 10.7 Å². The summed E-state index contributed by atoms with van der Waals surface area (Å²) in [7, 11) is 0. The predicted molar refractivity (Wildman–Crippen MR) is 73.5 cm³/mol. The molecule has 0 amide bonds. The number of nitrogens with two attached hydrogens (primary N) is 1. The highest BCUT2D eigenvalue weighted by Crippen LogP contribution is 2.32. The molecule has 2 aliphatic carbocycles. The van der Waals surface area contributed by atoms with E-state index >= 15 is 0 Å². The van der Waals surface area contributed by atoms with E-state index in [0.29, 0.717) is 5.92 Å². The lowest BCUT2D eigenvalue weighted by Gasteiger charge is -2.21. The van der Waals surface area contributed by atoms with Crippen molar-refractivity contribution in [1.82, 2.24) is 9.97 Å². The highest BCUT2D eigenvalue weighted by Gasteiger charge is 2.21. The van der Waals surface area contributed by atoms with E-state index in [1.165, 1.54) is 62.6 Å². The summed E-state index contributed by atoms with van der Waals surface area (Å²) in [5, 5.41) is 0. The molecular formula is C15H23N3. The van der Waals surface area contributed by atoms with Crippen molar-refractivity contribution < 1.29 is 0 Å². The van der Waals surface area contributed by atoms with Gasteiger partial charge in [-0.1, -0.05) is 25.7 Å². The fraction of sp³-hybridized carbons (Fsp3) is 0.733. The predicted octanol–water partition coefficient (Wildman–Crippen LogP) is 3.38. The number of fused-ring (bicyclic) bond motifs is 1. The third-order valence-electron chi connectivity index (χ3n) is 4.45. The van der Waals surface area contributed by atoms with Crippen LogP contribution < -0.4 is 5.73 Å². The maximum absolute atomic E-state index is 6.17. The molecule has 1 heterocycles. The van der Waals surface area contributed by atoms with Gasteiger partial charge in [-0.25, -0.2) is 9.97 Å². The third-order valence-corrected chi connectivity index (χ3v) is 4.45. The molecule has 0 aromatic carbocycles. The van der Waals surface area contributed by atoms with E-state index < -0.39 is 0 Å². The van der Waals surface area contributed by atoms with Gasteiger partial charge in [-0.15, -0.1) is 0 Å². The number of nitrogen functional groups attached to an aromatic ring is 1. The minimum absolute atomic E-state index is 0.564. The Morgan fingerprint density at radius 2 is 1.56 bits per heavy atom. The normalized spacial score (nSPS) is 21.3. The number of hydrogen-bond acceptors (Lipinski definition) is 3. The van der Waals surface area contributed by atoms with Crippen molar-refractivity contribution in [2.75, 3.05) is 5.73 Å². The molecule has 0 radical (unpaired) electrons. The SMILES string of the molecule is Nc1nc(C2CCCCC2)nc2c1CCCCC2. The quantitative estimate of drug-likeness (QED) is 0.772. The number of nitrogens with zero attached hydrogens (tertiary/aromatic N) is 2. The average molecular weight is 245 g/mol. The number of aryl methyl sites for hydroxylation is 1. The number of hydrogen-bond donors (Lipinski definition) is 1. The Morgan fingerprint density at radius 3 is 2.39 bits per heavy atom. The lowest BCUT2D eigenvalue weighted by Crippen LogP contribution is -2.14. The van der Waals surface area contributed by atoms with Gasteiger partial charge in [0.05, 0.1) is 0 Å². The molecule has 3 nitrogen and oxygen atoms in total. The van der Waals surface area contributed by atoms with Gasteiger partial charge in [0.2, 0.25) is 0 Å². The first-order valence-corrected chi connectivity index (χ1v) is 7.50. The molecule has 2 N–H and O–H groups in total. The Hall–Kier alpha value is -1.12. The zero-order valence-electron chi connectivity index (χ0n) is 11.1. The van der Waals surface area contributed by atoms with Gasteiger partial charge in [0.1, 0.15) is 11.6 Å². The second kappa shape index (κ2) is 5.25. The zero-order chi connectivity index (χ0) is 12.4. The topological polar surface area (TPSA) is 51.8 Å². The minimum Gasteiger partial charge on any atom is -0.383 e. The van der Waals surface area contributed by atoms with Crippen molar-refractivity contribution in [1.29, 1.82) is 0 Å². The first-order chi connectivity index (χ1) is 8.84. The van der Waals surface area contributed by atoms with Crippen molar-refractivity contribution in [2.45, 2.75) is 70.1 Å². The number of anilines is 1. The van der Waals surface area contributed by atoms with Gasteiger partial charge < -0.3 is 5.73 Å². The van der Waals surface area contributed by atoms with Crippen LogP contribution in [0.2, 0.25) is 0 Å². The van der Waals surface area contributed by atoms with Gasteiger partial charge >= 0.3 is 0 Å². The van der Waals surface area contributed by atoms with Crippen LogP contribution in [0.5, 0.6) is 0 Å². The fourth-order valence-corrected chi connectivity index (χ4v) is 3.36. The van der Waals surface area contributed by atoms with Crippen molar-refractivity contribution in [3.8, 4) is 0 Å². The van der Waals surface area contributed by atoms with Crippen LogP contribution in [0.15, 0.2) is 0 Å². The van der Waals surface area contributed by atoms with Crippen LogP contribution in [0.4, 0.5) is 5.82 Å². The summed E-state index contributed by atoms with van der Waals surface area (Å²) in [4.78, 5) is 9.49. The molecule has 2 aliphatic rings. The molecule has 0 saturated heterocycles. The zero-order valence-corrected chi connectivity index (χ0v) is 11.1. The van der Waals surface area contributed by atoms with Crippen LogP contribution >= 0.6 is 0 Å². The van der Waals surface area contributed by atoms with Crippen LogP contribution in [-0.2, 0) is 12.8 Å². The summed E-state index contributed by atoms with van der Waals surface area (Å²) in [6.45, 7) is 0. The average Bonchev–Trinajstić information content (AvgIpc) is 2.65. The van der Waals surface area contributed by atoms with Gasteiger partial charge in [-0.3, -0.25) is 0 Å². The van der Waals surface area contributed by atoms with Crippen LogP contribution in [0.25, 0.3) is 0 Å². The van der Waals surface area contributed by atoms with Crippen molar-refractivity contribution in [2.24, 2.45) is 0 Å². The number of aromatic nitrogens is 2. The molecule has 3 rings (SSSR count). The Balaban J connectivity index is 1.91. The Bertz CT molecular complexity index is 422. The highest BCUT2D eigenvalue weighted by molar-refractivity contribution is 5.43. The Morgan fingerprint density at radius 1 is 0.833 bits per heavy atom. The molecule has 0 atom stereocenters. The highest BCUT2D eigenvalue weighted by atomic mass is 15.0. The Kier molecular flexibility index (Phi) is 3.48. The van der Waals surface area contributed by atoms with Gasteiger partial charge in [-0.05, 0) is 38.5 Å². The smallest absolute Gasteiger partial charge is 0.134 e. The van der Waals surface area contributed by atoms with Gasteiger partial charge in [0, 0.05) is 17.2 Å². The van der Waals surface area contributed by atoms with E-state index in [0.717, 1.165) is 24.5 Å². The van der Waals surface area contributed by atoms with E-state index in [2.05, 4.69) is 4.98 Å². The lowest BCUT2D eigenvalue weighted by atomic mass is 9.88. The fourth-order valence-electron chi connectivity index (χ4n) is 3.36. The molecule has 1 saturated carbocycles. The summed E-state index contributed by atoms with van der Waals surface area (Å²) in [6, 6.07) is 0. The minimum atomic E-state index is 0.564. The molecule has 18 heavy (non-hydrogen) atoms. The van der Waals surface area contributed by atoms with Crippen molar-refractivity contribution >= 4 is 5.82 Å². The van der Waals surface area contributed by atoms with Crippen LogP contribution in [0.3, 0.4) is 0 Å². The van der Waals surface area contributed by atoms with Crippen LogP contribution in [0.1, 0.15) is 74.4 Å². The Labute approximate surface area is 109 Å². The van der Waals surface area contributed by atoms with Crippen LogP contribution in [-0.4, -0.2) is 9.97 Å². The molecule has 3 heteroatoms. The van der Waals surface area contributed by atoms with Crippen molar-refractivity contribution in [3.63, 3.8) is 0 Å². The summed E-state index contributed by atoms with van der Waals surface area (Å²) >= 11 is 0. The molecule has 1 fully saturated rings. The third kappa shape index (κ3) is 2.36. The molecule has 0 aliphatic heterocycles. The summed E-state index contributed by atoms with van der Waals surface area (Å²) in [5.74, 6) is 2.37. The molecule has 0 spiro atoms. The lowest BCUT2D eigenvalue weighted by molar-refractivity contribution is 0.427. The molecule has 1 aromatic heterocycles. The number of rotatable bonds is 1. The first kappa shape index (κ1) is 11.9. The largest absolute Gasteiger partial charge is 0.383 e. The summed E-state index contributed by atoms with van der Waals surface area (Å²) in [5.41, 5.74) is 8.66. The van der Waals surface area contributed by atoms with Crippen molar-refractivity contribution in [3.05, 3.63) is 17.1 Å². The van der Waals surface area contributed by atoms with E-state index in [9.17, 15) is 0 Å². The first-order valence-electron chi connectivity index (χ1n) is 7.50. The van der Waals surface area contributed by atoms with Gasteiger partial charge in [-0.2, -0.15) is 0 Å². The maximum atomic E-state index is 6.17. The molecule has 1 aromatic rings. The van der Waals surface area contributed by atoms with E-state index in [1.807, 2.05) is 0 Å². The van der Waals surface area contributed by atoms with Crippen LogP contribution in [0, 0.1) is 0 Å². The molecule has 0 unspecified atom stereocenters. The second-order valence-electron chi connectivity index (χ2n) is 5.79. The standard InChI is InChI=1S/C15H23N3/c16-14-12-9-5-2-6-10-13(12)17-15(18-14)11-7-3-1-4-8-11/h11H,1-10H2,(H2,16,17,18). The summed E-state index contributed by atoms with van der Waals surface area (Å²) in [6.07, 6.45) is 12.5. The van der Waals surface area contributed by atoms with Gasteiger partial charge in [0.25, 0.3) is 0 Å². The second-order valence-corrected chi connectivity index (χ2v) is 5.79. The van der Waals surface area contributed by atoms with E-state index in [1.54, 1.807) is 0 Å². The van der Waals surface area contributed by atoms with E-state index in [-0.39, 0.29) is 0 Å². The molecular weight excluding hydrogens is 222 g/mol.